The van der Waals surface area contributed by atoms with Gasteiger partial charge in [0.05, 0.1) is 14.2 Å². The Bertz CT molecular complexity index is 1930. The highest BCUT2D eigenvalue weighted by molar-refractivity contribution is 5.80. The summed E-state index contributed by atoms with van der Waals surface area (Å²) < 4.78 is 10.8. The zero-order chi connectivity index (χ0) is 33.1. The number of hydrogen-bond acceptors (Lipinski definition) is 3. The molecular formula is C45H39NO2. The van der Waals surface area contributed by atoms with Crippen molar-refractivity contribution in [2.24, 2.45) is 0 Å². The minimum absolute atomic E-state index is 0.849. The molecule has 6 rings (SSSR count). The zero-order valence-corrected chi connectivity index (χ0v) is 27.6. The van der Waals surface area contributed by atoms with Gasteiger partial charge in [0, 0.05) is 17.1 Å². The lowest BCUT2D eigenvalue weighted by molar-refractivity contribution is 0.414. The number of nitrogens with zero attached hydrogens (tertiary/aromatic N) is 1. The first-order chi connectivity index (χ1) is 23.6. The molecule has 6 aromatic carbocycles. The van der Waals surface area contributed by atoms with Crippen LogP contribution < -0.4 is 14.4 Å². The van der Waals surface area contributed by atoms with E-state index in [0.717, 1.165) is 56.4 Å². The van der Waals surface area contributed by atoms with Crippen LogP contribution in [0.5, 0.6) is 11.5 Å². The van der Waals surface area contributed by atoms with Crippen LogP contribution in [0.1, 0.15) is 38.9 Å². The molecule has 0 aliphatic carbocycles. The van der Waals surface area contributed by atoms with Crippen molar-refractivity contribution in [3.63, 3.8) is 0 Å². The number of benzene rings is 6. The lowest BCUT2D eigenvalue weighted by Gasteiger charge is -2.26. The summed E-state index contributed by atoms with van der Waals surface area (Å²) in [7, 11) is 3.38. The largest absolute Gasteiger partial charge is 0.497 e. The van der Waals surface area contributed by atoms with Crippen LogP contribution in [0.15, 0.2) is 146 Å². The molecule has 0 amide bonds. The van der Waals surface area contributed by atoms with Crippen LogP contribution >= 0.6 is 0 Å². The molecule has 0 aliphatic heterocycles. The van der Waals surface area contributed by atoms with Crippen LogP contribution in [-0.4, -0.2) is 14.2 Å². The van der Waals surface area contributed by atoms with Crippen molar-refractivity contribution in [2.45, 2.75) is 6.92 Å². The molecule has 0 unspecified atom stereocenters. The summed E-state index contributed by atoms with van der Waals surface area (Å²) >= 11 is 0. The third-order valence-electron chi connectivity index (χ3n) is 8.09. The van der Waals surface area contributed by atoms with Crippen molar-refractivity contribution in [3.8, 4) is 11.5 Å². The fraction of sp³-hybridized carbons (Fsp3) is 0.0667. The van der Waals surface area contributed by atoms with E-state index >= 15 is 0 Å². The SMILES string of the molecule is COc1cccc(C=Cc2ccc(N(c3ccc(C=Cc4cccc(C)c4)cc3)c3ccc(C=Cc4cccc(OC)c4)cc3)cc2)c1. The van der Waals surface area contributed by atoms with Gasteiger partial charge in [-0.25, -0.2) is 0 Å². The second-order valence-electron chi connectivity index (χ2n) is 11.6. The van der Waals surface area contributed by atoms with Gasteiger partial charge in [-0.2, -0.15) is 0 Å². The highest BCUT2D eigenvalue weighted by Crippen LogP contribution is 2.35. The summed E-state index contributed by atoms with van der Waals surface area (Å²) in [6.45, 7) is 2.12. The topological polar surface area (TPSA) is 21.7 Å². The second kappa shape index (κ2) is 15.5. The van der Waals surface area contributed by atoms with Crippen LogP contribution in [-0.2, 0) is 0 Å². The van der Waals surface area contributed by atoms with Gasteiger partial charge in [0.15, 0.2) is 0 Å². The molecule has 0 radical (unpaired) electrons. The third-order valence-corrected chi connectivity index (χ3v) is 8.09. The molecule has 0 spiro atoms. The summed E-state index contributed by atoms with van der Waals surface area (Å²) in [6.07, 6.45) is 12.8. The first kappa shape index (κ1) is 31.9. The predicted octanol–water partition coefficient (Wildman–Crippen LogP) is 12.0. The van der Waals surface area contributed by atoms with Crippen LogP contribution in [0.3, 0.4) is 0 Å². The lowest BCUT2D eigenvalue weighted by atomic mass is 10.1. The van der Waals surface area contributed by atoms with E-state index in [4.69, 9.17) is 9.47 Å². The normalized spacial score (nSPS) is 11.4. The van der Waals surface area contributed by atoms with Crippen LogP contribution in [0.4, 0.5) is 17.1 Å². The number of ether oxygens (including phenoxy) is 2. The molecule has 0 heterocycles. The van der Waals surface area contributed by atoms with Gasteiger partial charge < -0.3 is 14.4 Å². The zero-order valence-electron chi connectivity index (χ0n) is 27.6. The Morgan fingerprint density at radius 2 is 0.708 bits per heavy atom. The summed E-state index contributed by atoms with van der Waals surface area (Å²) in [5.41, 5.74) is 11.3. The van der Waals surface area contributed by atoms with E-state index in [2.05, 4.69) is 157 Å². The van der Waals surface area contributed by atoms with E-state index in [-0.39, 0.29) is 0 Å². The maximum Gasteiger partial charge on any atom is 0.119 e. The van der Waals surface area contributed by atoms with E-state index in [1.807, 2.05) is 36.4 Å². The highest BCUT2D eigenvalue weighted by atomic mass is 16.5. The molecule has 3 heteroatoms. The molecule has 0 saturated heterocycles. The lowest BCUT2D eigenvalue weighted by Crippen LogP contribution is -2.09. The Morgan fingerprint density at radius 1 is 0.375 bits per heavy atom. The summed E-state index contributed by atoms with van der Waals surface area (Å²) in [6, 6.07) is 50.7. The number of methoxy groups -OCH3 is 2. The van der Waals surface area contributed by atoms with Gasteiger partial charge in [-0.15, -0.1) is 0 Å². The van der Waals surface area contributed by atoms with Gasteiger partial charge in [0.2, 0.25) is 0 Å². The molecule has 0 atom stereocenters. The van der Waals surface area contributed by atoms with Crippen LogP contribution in [0.25, 0.3) is 36.5 Å². The van der Waals surface area contributed by atoms with Crippen molar-refractivity contribution < 1.29 is 9.47 Å². The monoisotopic (exact) mass is 625 g/mol. The maximum atomic E-state index is 5.38. The van der Waals surface area contributed by atoms with E-state index in [1.165, 1.54) is 11.1 Å². The average Bonchev–Trinajstić information content (AvgIpc) is 3.14. The van der Waals surface area contributed by atoms with Gasteiger partial charge in [0.1, 0.15) is 11.5 Å². The molecule has 0 bridgehead atoms. The smallest absolute Gasteiger partial charge is 0.119 e. The molecule has 236 valence electrons. The van der Waals surface area contributed by atoms with Crippen molar-refractivity contribution in [1.82, 2.24) is 0 Å². The first-order valence-corrected chi connectivity index (χ1v) is 16.1. The molecule has 48 heavy (non-hydrogen) atoms. The number of aryl methyl sites for hydroxylation is 1. The molecule has 3 nitrogen and oxygen atoms in total. The Kier molecular flexibility index (Phi) is 10.3. The Labute approximate surface area is 284 Å². The average molecular weight is 626 g/mol. The summed E-state index contributed by atoms with van der Waals surface area (Å²) in [5.74, 6) is 1.70. The van der Waals surface area contributed by atoms with Gasteiger partial charge >= 0.3 is 0 Å². The van der Waals surface area contributed by atoms with Crippen molar-refractivity contribution in [2.75, 3.05) is 19.1 Å². The maximum absolute atomic E-state index is 5.38. The van der Waals surface area contributed by atoms with Crippen LogP contribution in [0.2, 0.25) is 0 Å². The molecule has 6 aromatic rings. The Balaban J connectivity index is 1.27. The highest BCUT2D eigenvalue weighted by Gasteiger charge is 2.12. The molecule has 0 aliphatic rings. The van der Waals surface area contributed by atoms with Gasteiger partial charge in [-0.3, -0.25) is 0 Å². The minimum Gasteiger partial charge on any atom is -0.497 e. The van der Waals surface area contributed by atoms with Crippen molar-refractivity contribution in [1.29, 1.82) is 0 Å². The van der Waals surface area contributed by atoms with Crippen LogP contribution in [0, 0.1) is 6.92 Å². The molecule has 0 aromatic heterocycles. The number of hydrogen-bond donors (Lipinski definition) is 0. The molecule has 0 saturated carbocycles. The second-order valence-corrected chi connectivity index (χ2v) is 11.6. The van der Waals surface area contributed by atoms with Crippen molar-refractivity contribution in [3.05, 3.63) is 185 Å². The third kappa shape index (κ3) is 8.39. The fourth-order valence-corrected chi connectivity index (χ4v) is 5.49. The Morgan fingerprint density at radius 3 is 1.06 bits per heavy atom. The van der Waals surface area contributed by atoms with Gasteiger partial charge in [-0.1, -0.05) is 127 Å². The predicted molar refractivity (Wildman–Crippen MR) is 205 cm³/mol. The minimum atomic E-state index is 0.849. The summed E-state index contributed by atoms with van der Waals surface area (Å²) in [5, 5.41) is 0. The molecular weight excluding hydrogens is 587 g/mol. The van der Waals surface area contributed by atoms with E-state index in [1.54, 1.807) is 14.2 Å². The number of rotatable bonds is 11. The van der Waals surface area contributed by atoms with E-state index in [9.17, 15) is 0 Å². The van der Waals surface area contributed by atoms with Gasteiger partial charge in [-0.05, 0) is 101 Å². The van der Waals surface area contributed by atoms with Gasteiger partial charge in [0.25, 0.3) is 0 Å². The summed E-state index contributed by atoms with van der Waals surface area (Å²) in [4.78, 5) is 2.29. The van der Waals surface area contributed by atoms with E-state index < -0.39 is 0 Å². The fourth-order valence-electron chi connectivity index (χ4n) is 5.49. The number of anilines is 3. The quantitative estimate of drug-likeness (QED) is 0.134. The first-order valence-electron chi connectivity index (χ1n) is 16.1. The standard InChI is InChI=1S/C45H39NO2/c1-34-7-4-8-38(31-34)16-13-35-19-25-41(26-20-35)46(42-27-21-36(22-28-42)14-17-39-9-5-11-44(32-39)47-2)43-29-23-37(24-30-43)15-18-40-10-6-12-45(33-40)48-3/h4-33H,1-3H3. The van der Waals surface area contributed by atoms with E-state index in [0.29, 0.717) is 0 Å². The molecule has 0 N–H and O–H groups in total. The van der Waals surface area contributed by atoms with Crippen molar-refractivity contribution >= 4 is 53.5 Å². The molecule has 0 fully saturated rings. The Hall–Kier alpha value is -6.06.